The predicted molar refractivity (Wildman–Crippen MR) is 92.2 cm³/mol. The first-order valence-corrected chi connectivity index (χ1v) is 9.34. The summed E-state index contributed by atoms with van der Waals surface area (Å²) in [7, 11) is 0. The fraction of sp³-hybridized carbons (Fsp3) is 0.667. The third-order valence-electron chi connectivity index (χ3n) is 5.21. The van der Waals surface area contributed by atoms with Crippen molar-refractivity contribution >= 4 is 11.8 Å². The molecule has 3 rings (SSSR count). The fourth-order valence-electron chi connectivity index (χ4n) is 3.74. The van der Waals surface area contributed by atoms with Gasteiger partial charge in [-0.15, -0.1) is 11.8 Å². The van der Waals surface area contributed by atoms with Crippen molar-refractivity contribution in [1.29, 1.82) is 0 Å². The van der Waals surface area contributed by atoms with E-state index in [1.54, 1.807) is 5.56 Å². The van der Waals surface area contributed by atoms with Crippen molar-refractivity contribution in [2.24, 2.45) is 0 Å². The molecule has 2 aliphatic rings. The largest absolute Gasteiger partial charge is 0.310 e. The van der Waals surface area contributed by atoms with Crippen LogP contribution in [0.15, 0.2) is 29.2 Å². The van der Waals surface area contributed by atoms with Gasteiger partial charge in [0, 0.05) is 28.8 Å². The normalized spacial score (nSPS) is 25.5. The summed E-state index contributed by atoms with van der Waals surface area (Å²) in [5.41, 5.74) is 1.89. The molecular formula is C18H28N2S. The second-order valence-electron chi connectivity index (χ2n) is 6.55. The summed E-state index contributed by atoms with van der Waals surface area (Å²) in [4.78, 5) is 4.23. The van der Waals surface area contributed by atoms with Crippen LogP contribution in [0, 0.1) is 0 Å². The second-order valence-corrected chi connectivity index (χ2v) is 7.90. The molecule has 1 fully saturated rings. The minimum absolute atomic E-state index is 0.340. The minimum atomic E-state index is 0.340. The summed E-state index contributed by atoms with van der Waals surface area (Å²) in [6.45, 7) is 9.55. The summed E-state index contributed by atoms with van der Waals surface area (Å²) >= 11 is 2.09. The van der Waals surface area contributed by atoms with Crippen LogP contribution in [0.2, 0.25) is 0 Å². The van der Waals surface area contributed by atoms with E-state index in [1.165, 1.54) is 56.8 Å². The lowest BCUT2D eigenvalue weighted by Gasteiger charge is -2.36. The van der Waals surface area contributed by atoms with E-state index in [0.717, 1.165) is 5.25 Å². The highest BCUT2D eigenvalue weighted by Gasteiger charge is 2.32. The molecule has 2 nitrogen and oxygen atoms in total. The first-order chi connectivity index (χ1) is 10.2. The van der Waals surface area contributed by atoms with Gasteiger partial charge in [-0.3, -0.25) is 0 Å². The molecule has 1 N–H and O–H groups in total. The first kappa shape index (κ1) is 15.4. The van der Waals surface area contributed by atoms with Gasteiger partial charge in [0.15, 0.2) is 0 Å². The van der Waals surface area contributed by atoms with Crippen molar-refractivity contribution in [3.05, 3.63) is 29.8 Å². The zero-order chi connectivity index (χ0) is 14.7. The van der Waals surface area contributed by atoms with Gasteiger partial charge in [-0.05, 0) is 50.4 Å². The summed E-state index contributed by atoms with van der Waals surface area (Å²) in [6.07, 6.45) is 5.00. The maximum absolute atomic E-state index is 3.82. The van der Waals surface area contributed by atoms with Crippen LogP contribution < -0.4 is 5.32 Å². The number of thioether (sulfide) groups is 1. The Balaban J connectivity index is 1.62. The maximum atomic E-state index is 3.82. The van der Waals surface area contributed by atoms with E-state index in [4.69, 9.17) is 0 Å². The molecule has 0 amide bonds. The molecule has 1 unspecified atom stereocenters. The average molecular weight is 305 g/mol. The Hall–Kier alpha value is -0.510. The highest BCUT2D eigenvalue weighted by molar-refractivity contribution is 8.00. The smallest absolute Gasteiger partial charge is 0.0303 e. The van der Waals surface area contributed by atoms with Gasteiger partial charge in [0.1, 0.15) is 0 Å². The topological polar surface area (TPSA) is 15.3 Å². The van der Waals surface area contributed by atoms with Crippen LogP contribution >= 0.6 is 11.8 Å². The number of benzene rings is 1. The van der Waals surface area contributed by atoms with E-state index >= 15 is 0 Å². The second kappa shape index (κ2) is 6.72. The molecule has 0 bridgehead atoms. The van der Waals surface area contributed by atoms with Crippen molar-refractivity contribution in [1.82, 2.24) is 10.2 Å². The lowest BCUT2D eigenvalue weighted by Crippen LogP contribution is -2.51. The zero-order valence-electron chi connectivity index (χ0n) is 13.4. The number of nitrogens with one attached hydrogen (secondary N) is 1. The Bertz CT molecular complexity index is 445. The molecular weight excluding hydrogens is 276 g/mol. The van der Waals surface area contributed by atoms with E-state index in [1.807, 2.05) is 0 Å². The molecule has 21 heavy (non-hydrogen) atoms. The maximum Gasteiger partial charge on any atom is 0.0303 e. The van der Waals surface area contributed by atoms with Gasteiger partial charge in [-0.1, -0.05) is 32.0 Å². The standard InChI is InChI=1S/C18H28N2S/c1-3-18(4-2)14-20(11-7-10-19-18)13-16-12-15-8-5-6-9-17(15)21-16/h5-6,8-9,16,19H,3-4,7,10-14H2,1-2H3. The molecule has 0 saturated carbocycles. The van der Waals surface area contributed by atoms with Gasteiger partial charge in [0.2, 0.25) is 0 Å². The van der Waals surface area contributed by atoms with Crippen molar-refractivity contribution < 1.29 is 0 Å². The zero-order valence-corrected chi connectivity index (χ0v) is 14.2. The Morgan fingerprint density at radius 2 is 2.10 bits per heavy atom. The van der Waals surface area contributed by atoms with Crippen LogP contribution in [0.25, 0.3) is 0 Å². The Kier molecular flexibility index (Phi) is 4.92. The van der Waals surface area contributed by atoms with Crippen LogP contribution in [0.5, 0.6) is 0 Å². The number of rotatable bonds is 4. The fourth-order valence-corrected chi connectivity index (χ4v) is 5.11. The van der Waals surface area contributed by atoms with Crippen LogP contribution in [-0.2, 0) is 6.42 Å². The SMILES string of the molecule is CCC1(CC)CN(CC2Cc3ccccc3S2)CCCN1. The van der Waals surface area contributed by atoms with Crippen LogP contribution in [-0.4, -0.2) is 41.9 Å². The Morgan fingerprint density at radius 3 is 2.86 bits per heavy atom. The quantitative estimate of drug-likeness (QED) is 0.915. The summed E-state index contributed by atoms with van der Waals surface area (Å²) in [5.74, 6) is 0. The van der Waals surface area contributed by atoms with Gasteiger partial charge in [-0.2, -0.15) is 0 Å². The van der Waals surface area contributed by atoms with E-state index < -0.39 is 0 Å². The molecule has 2 aliphatic heterocycles. The molecule has 0 aromatic heterocycles. The average Bonchev–Trinajstić information content (AvgIpc) is 2.80. The molecule has 1 saturated heterocycles. The van der Waals surface area contributed by atoms with Gasteiger partial charge in [0.25, 0.3) is 0 Å². The Morgan fingerprint density at radius 1 is 1.29 bits per heavy atom. The van der Waals surface area contributed by atoms with Gasteiger partial charge in [0.05, 0.1) is 0 Å². The number of hydrogen-bond acceptors (Lipinski definition) is 3. The molecule has 116 valence electrons. The monoisotopic (exact) mass is 304 g/mol. The van der Waals surface area contributed by atoms with Crippen LogP contribution in [0.1, 0.15) is 38.7 Å². The lowest BCUT2D eigenvalue weighted by atomic mass is 9.92. The van der Waals surface area contributed by atoms with E-state index in [2.05, 4.69) is 60.1 Å². The van der Waals surface area contributed by atoms with Gasteiger partial charge < -0.3 is 10.2 Å². The lowest BCUT2D eigenvalue weighted by molar-refractivity contribution is 0.198. The number of hydrogen-bond donors (Lipinski definition) is 1. The third kappa shape index (κ3) is 3.46. The molecule has 0 aliphatic carbocycles. The molecule has 3 heteroatoms. The summed E-state index contributed by atoms with van der Waals surface area (Å²) < 4.78 is 0. The molecule has 1 aromatic carbocycles. The van der Waals surface area contributed by atoms with Crippen molar-refractivity contribution in [3.8, 4) is 0 Å². The molecule has 2 heterocycles. The highest BCUT2D eigenvalue weighted by Crippen LogP contribution is 2.37. The predicted octanol–water partition coefficient (Wildman–Crippen LogP) is 3.56. The number of nitrogens with zero attached hydrogens (tertiary/aromatic N) is 1. The first-order valence-electron chi connectivity index (χ1n) is 8.46. The highest BCUT2D eigenvalue weighted by atomic mass is 32.2. The molecule has 0 spiro atoms. The summed E-state index contributed by atoms with van der Waals surface area (Å²) in [6, 6.07) is 8.93. The summed E-state index contributed by atoms with van der Waals surface area (Å²) in [5, 5.41) is 4.56. The van der Waals surface area contributed by atoms with E-state index in [9.17, 15) is 0 Å². The van der Waals surface area contributed by atoms with Crippen LogP contribution in [0.3, 0.4) is 0 Å². The van der Waals surface area contributed by atoms with Crippen molar-refractivity contribution in [3.63, 3.8) is 0 Å². The van der Waals surface area contributed by atoms with Crippen molar-refractivity contribution in [2.45, 2.75) is 55.2 Å². The minimum Gasteiger partial charge on any atom is -0.310 e. The molecule has 1 atom stereocenters. The van der Waals surface area contributed by atoms with Gasteiger partial charge in [-0.25, -0.2) is 0 Å². The van der Waals surface area contributed by atoms with E-state index in [0.29, 0.717) is 5.54 Å². The number of fused-ring (bicyclic) bond motifs is 1. The van der Waals surface area contributed by atoms with Gasteiger partial charge >= 0.3 is 0 Å². The van der Waals surface area contributed by atoms with Crippen molar-refractivity contribution in [2.75, 3.05) is 26.2 Å². The Labute approximate surface area is 133 Å². The van der Waals surface area contributed by atoms with Crippen LogP contribution in [0.4, 0.5) is 0 Å². The molecule has 0 radical (unpaired) electrons. The third-order valence-corrected chi connectivity index (χ3v) is 6.51. The molecule has 1 aromatic rings. The van der Waals surface area contributed by atoms with E-state index in [-0.39, 0.29) is 0 Å².